The van der Waals surface area contributed by atoms with Gasteiger partial charge in [0.2, 0.25) is 0 Å². The minimum Gasteiger partial charge on any atom is -0.477 e. The summed E-state index contributed by atoms with van der Waals surface area (Å²) < 4.78 is 23.0. The second-order valence-electron chi connectivity index (χ2n) is 23.1. The molecule has 0 saturated heterocycles. The predicted molar refractivity (Wildman–Crippen MR) is 305 cm³/mol. The van der Waals surface area contributed by atoms with Crippen LogP contribution in [-0.4, -0.2) is 87.4 Å². The Labute approximate surface area is 447 Å². The van der Waals surface area contributed by atoms with Gasteiger partial charge in [0, 0.05) is 12.8 Å². The lowest BCUT2D eigenvalue weighted by molar-refractivity contribution is -0.870. The standard InChI is InChI=1S/C63H123NO8/c1-6-8-10-12-14-16-18-20-22-24-26-28-30-31-32-34-36-38-40-42-44-46-48-50-52-54-61(66)72-59(58-71-63(62(67)68)69-56-55-64(3,4)5)57-70-60(65)53-51-49-47-45-43-41-39-37-35-33-29-27-25-23-21-19-17-15-13-11-9-7-2/h59,63H,6-58H2,1-5H3/p+1. The maximum Gasteiger partial charge on any atom is 0.361 e. The minimum atomic E-state index is -1.50. The molecule has 9 nitrogen and oxygen atoms in total. The van der Waals surface area contributed by atoms with Crippen molar-refractivity contribution in [1.29, 1.82) is 0 Å². The molecule has 0 aromatic carbocycles. The molecule has 0 fully saturated rings. The molecule has 9 heteroatoms. The first kappa shape index (κ1) is 70.3. The van der Waals surface area contributed by atoms with E-state index >= 15 is 0 Å². The molecule has 2 unspecified atom stereocenters. The summed E-state index contributed by atoms with van der Waals surface area (Å²) in [5.74, 6) is -1.97. The Kier molecular flexibility index (Phi) is 54.2. The number of carbonyl (C=O) groups is 3. The average molecular weight is 1020 g/mol. The van der Waals surface area contributed by atoms with E-state index in [1.165, 1.54) is 263 Å². The Hall–Kier alpha value is -1.71. The van der Waals surface area contributed by atoms with Crippen molar-refractivity contribution in [3.05, 3.63) is 0 Å². The zero-order chi connectivity index (χ0) is 52.7. The van der Waals surface area contributed by atoms with Crippen LogP contribution in [0.25, 0.3) is 0 Å². The molecule has 1 N–H and O–H groups in total. The van der Waals surface area contributed by atoms with E-state index in [-0.39, 0.29) is 38.2 Å². The normalized spacial score (nSPS) is 12.6. The van der Waals surface area contributed by atoms with Gasteiger partial charge in [-0.3, -0.25) is 9.59 Å². The third kappa shape index (κ3) is 56.0. The molecular weight excluding hydrogens is 899 g/mol. The number of carboxylic acids is 1. The van der Waals surface area contributed by atoms with Gasteiger partial charge in [0.05, 0.1) is 34.4 Å². The molecule has 0 rings (SSSR count). The maximum atomic E-state index is 12.9. The fourth-order valence-corrected chi connectivity index (χ4v) is 9.72. The van der Waals surface area contributed by atoms with Crippen LogP contribution in [0.2, 0.25) is 0 Å². The van der Waals surface area contributed by atoms with Crippen LogP contribution < -0.4 is 0 Å². The van der Waals surface area contributed by atoms with E-state index in [2.05, 4.69) is 13.8 Å². The van der Waals surface area contributed by atoms with Crippen molar-refractivity contribution in [2.24, 2.45) is 0 Å². The molecular formula is C63H124NO8+. The summed E-state index contributed by atoms with van der Waals surface area (Å²) >= 11 is 0. The number of esters is 2. The third-order valence-corrected chi connectivity index (χ3v) is 14.6. The van der Waals surface area contributed by atoms with Gasteiger partial charge in [0.15, 0.2) is 6.10 Å². The number of rotatable bonds is 60. The van der Waals surface area contributed by atoms with E-state index in [1.54, 1.807) is 0 Å². The molecule has 0 amide bonds. The van der Waals surface area contributed by atoms with Gasteiger partial charge in [-0.15, -0.1) is 0 Å². The highest BCUT2D eigenvalue weighted by molar-refractivity contribution is 5.71. The van der Waals surface area contributed by atoms with E-state index in [0.29, 0.717) is 17.4 Å². The van der Waals surface area contributed by atoms with Gasteiger partial charge in [-0.25, -0.2) is 4.79 Å². The SMILES string of the molecule is CCCCCCCCCCCCCCCCCCCCCCCCCCCC(=O)OC(COC(=O)CCCCCCCCCCCCCCCCCCCCCCCC)COC(OCC[N+](C)(C)C)C(=O)O. The largest absolute Gasteiger partial charge is 0.477 e. The fraction of sp³-hybridized carbons (Fsp3) is 0.952. The Bertz CT molecular complexity index is 1140. The molecule has 0 saturated carbocycles. The zero-order valence-corrected chi connectivity index (χ0v) is 48.9. The molecule has 0 aliphatic carbocycles. The molecule has 0 radical (unpaired) electrons. The van der Waals surface area contributed by atoms with Crippen molar-refractivity contribution in [1.82, 2.24) is 0 Å². The number of quaternary nitrogens is 1. The van der Waals surface area contributed by atoms with Crippen molar-refractivity contribution in [3.8, 4) is 0 Å². The van der Waals surface area contributed by atoms with Crippen LogP contribution in [0.1, 0.15) is 328 Å². The number of likely N-dealkylation sites (N-methyl/N-ethyl adjacent to an activating group) is 1. The van der Waals surface area contributed by atoms with Gasteiger partial charge in [0.1, 0.15) is 13.2 Å². The summed E-state index contributed by atoms with van der Waals surface area (Å²) in [5, 5.41) is 9.72. The first-order chi connectivity index (χ1) is 35.1. The van der Waals surface area contributed by atoms with E-state index in [4.69, 9.17) is 18.9 Å². The summed E-state index contributed by atoms with van der Waals surface area (Å²) in [6.07, 6.45) is 60.5. The van der Waals surface area contributed by atoms with Gasteiger partial charge < -0.3 is 28.5 Å². The summed E-state index contributed by atoms with van der Waals surface area (Å²) in [6, 6.07) is 0. The van der Waals surface area contributed by atoms with Crippen LogP contribution in [0.5, 0.6) is 0 Å². The number of hydrogen-bond donors (Lipinski definition) is 1. The smallest absolute Gasteiger partial charge is 0.361 e. The lowest BCUT2D eigenvalue weighted by Crippen LogP contribution is -2.40. The van der Waals surface area contributed by atoms with Crippen LogP contribution in [0.4, 0.5) is 0 Å². The van der Waals surface area contributed by atoms with Crippen LogP contribution in [0.3, 0.4) is 0 Å². The Morgan fingerprint density at radius 3 is 0.889 bits per heavy atom. The first-order valence-corrected chi connectivity index (χ1v) is 31.7. The van der Waals surface area contributed by atoms with Crippen molar-refractivity contribution in [2.75, 3.05) is 47.5 Å². The first-order valence-electron chi connectivity index (χ1n) is 31.7. The Morgan fingerprint density at radius 2 is 0.625 bits per heavy atom. The molecule has 0 aliphatic rings. The molecule has 0 aromatic heterocycles. The molecule has 2 atom stereocenters. The molecule has 72 heavy (non-hydrogen) atoms. The summed E-state index contributed by atoms with van der Waals surface area (Å²) in [5.41, 5.74) is 0. The second-order valence-corrected chi connectivity index (χ2v) is 23.1. The number of nitrogens with zero attached hydrogens (tertiary/aromatic N) is 1. The maximum absolute atomic E-state index is 12.9. The van der Waals surface area contributed by atoms with E-state index in [9.17, 15) is 19.5 Å². The van der Waals surface area contributed by atoms with Crippen LogP contribution >= 0.6 is 0 Å². The highest BCUT2D eigenvalue weighted by Gasteiger charge is 2.25. The predicted octanol–water partition coefficient (Wildman–Crippen LogP) is 18.7. The molecule has 0 bridgehead atoms. The van der Waals surface area contributed by atoms with Crippen molar-refractivity contribution in [3.63, 3.8) is 0 Å². The fourth-order valence-electron chi connectivity index (χ4n) is 9.72. The number of aliphatic carboxylic acids is 1. The van der Waals surface area contributed by atoms with Gasteiger partial charge in [-0.05, 0) is 12.8 Å². The van der Waals surface area contributed by atoms with Gasteiger partial charge in [0.25, 0.3) is 6.29 Å². The summed E-state index contributed by atoms with van der Waals surface area (Å²) in [4.78, 5) is 37.5. The molecule has 0 aliphatic heterocycles. The molecule has 0 spiro atoms. The number of hydrogen-bond acceptors (Lipinski definition) is 7. The summed E-state index contributed by atoms with van der Waals surface area (Å²) in [7, 11) is 5.99. The van der Waals surface area contributed by atoms with Crippen molar-refractivity contribution < 1.29 is 42.9 Å². The monoisotopic (exact) mass is 1020 g/mol. The molecule has 428 valence electrons. The van der Waals surface area contributed by atoms with E-state index in [0.717, 1.165) is 38.5 Å². The van der Waals surface area contributed by atoms with Crippen LogP contribution in [-0.2, 0) is 33.3 Å². The number of ether oxygens (including phenoxy) is 4. The lowest BCUT2D eigenvalue weighted by atomic mass is 10.0. The number of unbranched alkanes of at least 4 members (excludes halogenated alkanes) is 45. The highest BCUT2D eigenvalue weighted by Crippen LogP contribution is 2.19. The van der Waals surface area contributed by atoms with E-state index in [1.807, 2.05) is 21.1 Å². The summed E-state index contributed by atoms with van der Waals surface area (Å²) in [6.45, 7) is 4.96. The number of carboxylic acid groups (broad SMARTS) is 1. The van der Waals surface area contributed by atoms with Gasteiger partial charge in [-0.2, -0.15) is 0 Å². The number of carbonyl (C=O) groups excluding carboxylic acids is 2. The van der Waals surface area contributed by atoms with Crippen LogP contribution in [0, 0.1) is 0 Å². The topological polar surface area (TPSA) is 108 Å². The Balaban J connectivity index is 4.12. The quantitative estimate of drug-likeness (QED) is 0.0278. The highest BCUT2D eigenvalue weighted by atomic mass is 16.7. The van der Waals surface area contributed by atoms with E-state index < -0.39 is 18.4 Å². The minimum absolute atomic E-state index is 0.172. The average Bonchev–Trinajstić information content (AvgIpc) is 3.35. The van der Waals surface area contributed by atoms with Crippen molar-refractivity contribution in [2.45, 2.75) is 341 Å². The molecule has 0 aromatic rings. The van der Waals surface area contributed by atoms with Gasteiger partial charge in [-0.1, -0.05) is 303 Å². The third-order valence-electron chi connectivity index (χ3n) is 14.6. The zero-order valence-electron chi connectivity index (χ0n) is 48.9. The van der Waals surface area contributed by atoms with Crippen molar-refractivity contribution >= 4 is 17.9 Å². The Morgan fingerprint density at radius 1 is 0.361 bits per heavy atom. The second kappa shape index (κ2) is 55.5. The van der Waals surface area contributed by atoms with Crippen LogP contribution in [0.15, 0.2) is 0 Å². The lowest BCUT2D eigenvalue weighted by Gasteiger charge is -2.25. The molecule has 0 heterocycles. The van der Waals surface area contributed by atoms with Gasteiger partial charge >= 0.3 is 17.9 Å².